The quantitative estimate of drug-likeness (QED) is 0.173. The van der Waals surface area contributed by atoms with E-state index in [-0.39, 0.29) is 5.41 Å². The zero-order chi connectivity index (χ0) is 44.8. The van der Waals surface area contributed by atoms with E-state index in [0.29, 0.717) is 0 Å². The third-order valence-electron chi connectivity index (χ3n) is 14.8. The molecule has 1 aliphatic rings. The summed E-state index contributed by atoms with van der Waals surface area (Å²) in [6.07, 6.45) is 0. The number of furan rings is 2. The van der Waals surface area contributed by atoms with Crippen LogP contribution >= 0.6 is 11.3 Å². The van der Waals surface area contributed by atoms with Gasteiger partial charge in [0.15, 0.2) is 5.58 Å². The van der Waals surface area contributed by atoms with Gasteiger partial charge in [-0.15, -0.1) is 11.3 Å². The number of para-hydroxylation sites is 3. The highest BCUT2D eigenvalue weighted by Crippen LogP contribution is 2.52. The molecule has 15 rings (SSSR count). The number of benzene rings is 10. The summed E-state index contributed by atoms with van der Waals surface area (Å²) in [5, 5.41) is 9.14. The molecule has 0 aliphatic heterocycles. The molecule has 68 heavy (non-hydrogen) atoms. The minimum Gasteiger partial charge on any atom is -0.456 e. The molecule has 1 aliphatic carbocycles. The summed E-state index contributed by atoms with van der Waals surface area (Å²) in [6, 6.07) is 75.0. The highest BCUT2D eigenvalue weighted by Gasteiger charge is 2.36. The molecule has 5 heteroatoms. The van der Waals surface area contributed by atoms with E-state index in [1.165, 1.54) is 64.3 Å². The number of aromatic nitrogens is 1. The van der Waals surface area contributed by atoms with Gasteiger partial charge in [-0.05, 0) is 100 Å². The van der Waals surface area contributed by atoms with Crippen LogP contribution in [0, 0.1) is 0 Å². The number of rotatable bonds is 5. The van der Waals surface area contributed by atoms with Crippen LogP contribution in [-0.4, -0.2) is 4.57 Å². The summed E-state index contributed by atoms with van der Waals surface area (Å²) in [5.74, 6) is 0. The van der Waals surface area contributed by atoms with E-state index < -0.39 is 0 Å². The summed E-state index contributed by atoms with van der Waals surface area (Å²) in [4.78, 5) is 2.39. The average Bonchev–Trinajstić information content (AvgIpc) is 4.18. The Morgan fingerprint density at radius 1 is 0.426 bits per heavy atom. The smallest absolute Gasteiger partial charge is 0.160 e. The lowest BCUT2D eigenvalue weighted by atomic mass is 9.82. The van der Waals surface area contributed by atoms with Crippen molar-refractivity contribution in [3.63, 3.8) is 0 Å². The first-order chi connectivity index (χ1) is 33.5. The van der Waals surface area contributed by atoms with E-state index in [1.807, 2.05) is 17.4 Å². The lowest BCUT2D eigenvalue weighted by molar-refractivity contribution is 0.660. The van der Waals surface area contributed by atoms with Crippen LogP contribution in [0.2, 0.25) is 0 Å². The molecule has 0 N–H and O–H groups in total. The second kappa shape index (κ2) is 13.8. The molecule has 0 atom stereocenters. The molecule has 4 nitrogen and oxygen atoms in total. The number of fused-ring (bicyclic) bond motifs is 15. The molecule has 4 aromatic heterocycles. The van der Waals surface area contributed by atoms with Gasteiger partial charge >= 0.3 is 0 Å². The summed E-state index contributed by atoms with van der Waals surface area (Å²) in [5.41, 5.74) is 17.3. The monoisotopic (exact) mass is 888 g/mol. The predicted octanol–water partition coefficient (Wildman–Crippen LogP) is 18.4. The lowest BCUT2D eigenvalue weighted by Gasteiger charge is -2.28. The van der Waals surface area contributed by atoms with Gasteiger partial charge in [0, 0.05) is 75.6 Å². The van der Waals surface area contributed by atoms with Crippen molar-refractivity contribution < 1.29 is 8.83 Å². The van der Waals surface area contributed by atoms with Crippen molar-refractivity contribution in [2.24, 2.45) is 0 Å². The number of anilines is 3. The highest BCUT2D eigenvalue weighted by molar-refractivity contribution is 7.26. The van der Waals surface area contributed by atoms with E-state index >= 15 is 0 Å². The number of thiophene rings is 1. The Morgan fingerprint density at radius 2 is 1.06 bits per heavy atom. The Bertz CT molecular complexity index is 4370. The topological polar surface area (TPSA) is 34.5 Å². The van der Waals surface area contributed by atoms with Crippen molar-refractivity contribution in [3.05, 3.63) is 217 Å². The van der Waals surface area contributed by atoms with Crippen molar-refractivity contribution in [2.45, 2.75) is 19.3 Å². The van der Waals surface area contributed by atoms with Crippen LogP contribution in [0.15, 0.2) is 215 Å². The molecule has 0 saturated heterocycles. The van der Waals surface area contributed by atoms with Gasteiger partial charge in [0.25, 0.3) is 0 Å². The van der Waals surface area contributed by atoms with Gasteiger partial charge in [0.2, 0.25) is 0 Å². The number of hydrogen-bond acceptors (Lipinski definition) is 4. The maximum atomic E-state index is 7.30. The van der Waals surface area contributed by atoms with Crippen molar-refractivity contribution in [2.75, 3.05) is 4.90 Å². The summed E-state index contributed by atoms with van der Waals surface area (Å²) >= 11 is 1.87. The Labute approximate surface area is 395 Å². The second-order valence-corrected chi connectivity index (χ2v) is 19.8. The van der Waals surface area contributed by atoms with Gasteiger partial charge in [-0.25, -0.2) is 0 Å². The molecular formula is C63H40N2O2S. The molecule has 0 amide bonds. The van der Waals surface area contributed by atoms with Crippen molar-refractivity contribution in [1.82, 2.24) is 4.57 Å². The van der Waals surface area contributed by atoms with Crippen molar-refractivity contribution in [3.8, 4) is 27.9 Å². The normalized spacial score (nSPS) is 13.3. The molecule has 0 fully saturated rings. The van der Waals surface area contributed by atoms with E-state index in [2.05, 4.69) is 224 Å². The van der Waals surface area contributed by atoms with Gasteiger partial charge < -0.3 is 18.3 Å². The molecule has 14 aromatic rings. The first-order valence-electron chi connectivity index (χ1n) is 23.3. The summed E-state index contributed by atoms with van der Waals surface area (Å²) < 4.78 is 19.0. The molecule has 4 heterocycles. The first-order valence-corrected chi connectivity index (χ1v) is 24.1. The van der Waals surface area contributed by atoms with E-state index in [9.17, 15) is 0 Å². The van der Waals surface area contributed by atoms with E-state index in [4.69, 9.17) is 8.83 Å². The fourth-order valence-corrected chi connectivity index (χ4v) is 12.9. The Balaban J connectivity index is 0.954. The van der Waals surface area contributed by atoms with Crippen molar-refractivity contribution >= 4 is 114 Å². The fraction of sp³-hybridized carbons (Fsp3) is 0.0476. The summed E-state index contributed by atoms with van der Waals surface area (Å²) in [7, 11) is 0. The van der Waals surface area contributed by atoms with Crippen LogP contribution in [-0.2, 0) is 5.41 Å². The molecule has 0 spiro atoms. The minimum atomic E-state index is -0.159. The van der Waals surface area contributed by atoms with Gasteiger partial charge in [-0.1, -0.05) is 147 Å². The SMILES string of the molecule is CC1(C)c2ccccc2-c2ccc(N(c3ccc(-c4cccc5c4sc4ccccc45)cc3)c3ccc4c(c3)oc3c(-n5c6ccccc6c6ccccc65)c5c(cc34)oc3ccccc35)cc21. The maximum absolute atomic E-state index is 7.30. The number of nitrogens with zero attached hydrogens (tertiary/aromatic N) is 2. The average molecular weight is 889 g/mol. The third kappa shape index (κ3) is 5.19. The van der Waals surface area contributed by atoms with Gasteiger partial charge in [0.05, 0.1) is 16.4 Å². The summed E-state index contributed by atoms with van der Waals surface area (Å²) in [6.45, 7) is 4.70. The molecule has 0 bridgehead atoms. The Morgan fingerprint density at radius 3 is 1.88 bits per heavy atom. The van der Waals surface area contributed by atoms with Gasteiger partial charge in [0.1, 0.15) is 22.4 Å². The van der Waals surface area contributed by atoms with Crippen LogP contribution < -0.4 is 4.90 Å². The highest BCUT2D eigenvalue weighted by atomic mass is 32.1. The maximum Gasteiger partial charge on any atom is 0.160 e. The zero-order valence-electron chi connectivity index (χ0n) is 37.2. The minimum absolute atomic E-state index is 0.159. The van der Waals surface area contributed by atoms with Crippen molar-refractivity contribution in [1.29, 1.82) is 0 Å². The van der Waals surface area contributed by atoms with Gasteiger partial charge in [-0.3, -0.25) is 0 Å². The van der Waals surface area contributed by atoms with Crippen LogP contribution in [0.1, 0.15) is 25.0 Å². The van der Waals surface area contributed by atoms with Gasteiger partial charge in [-0.2, -0.15) is 0 Å². The van der Waals surface area contributed by atoms with E-state index in [0.717, 1.165) is 77.7 Å². The van der Waals surface area contributed by atoms with Crippen LogP contribution in [0.4, 0.5) is 17.1 Å². The Hall–Kier alpha value is -8.38. The second-order valence-electron chi connectivity index (χ2n) is 18.8. The van der Waals surface area contributed by atoms with Crippen LogP contribution in [0.25, 0.3) is 114 Å². The predicted molar refractivity (Wildman–Crippen MR) is 286 cm³/mol. The molecule has 10 aromatic carbocycles. The molecule has 320 valence electrons. The van der Waals surface area contributed by atoms with Crippen LogP contribution in [0.3, 0.4) is 0 Å². The van der Waals surface area contributed by atoms with E-state index in [1.54, 1.807) is 0 Å². The molecule has 0 saturated carbocycles. The molecular weight excluding hydrogens is 849 g/mol. The Kier molecular flexibility index (Phi) is 7.69. The molecule has 0 radical (unpaired) electrons. The standard InChI is InChI=1S/C63H40N2O2S/c1-63(2)51-21-8-3-14-42(51)43-32-30-39(34-52(43)63)64(38-28-26-37(27-29-38)41-19-13-20-48-47-17-7-12-25-58(47)68-62(41)48)40-31-33-46-50-36-57-59(49-18-6-11-24-55(49)66-57)60(61(50)67-56(46)35-40)65-53-22-9-4-15-44(53)45-16-5-10-23-54(45)65/h3-36H,1-2H3. The third-order valence-corrected chi connectivity index (χ3v) is 16.0. The number of hydrogen-bond donors (Lipinski definition) is 0. The first kappa shape index (κ1) is 37.8. The molecule has 0 unspecified atom stereocenters. The zero-order valence-corrected chi connectivity index (χ0v) is 38.1. The van der Waals surface area contributed by atoms with Crippen LogP contribution in [0.5, 0.6) is 0 Å². The fourth-order valence-electron chi connectivity index (χ4n) is 11.6. The lowest BCUT2D eigenvalue weighted by Crippen LogP contribution is -2.16. The largest absolute Gasteiger partial charge is 0.456 e.